The highest BCUT2D eigenvalue weighted by Gasteiger charge is 2.19. The Morgan fingerprint density at radius 2 is 1.94 bits per heavy atom. The summed E-state index contributed by atoms with van der Waals surface area (Å²) in [6.07, 6.45) is 0.730. The summed E-state index contributed by atoms with van der Waals surface area (Å²) in [6, 6.07) is 12.0. The molecule has 4 aromatic rings. The smallest absolute Gasteiger partial charge is 0.262 e. The van der Waals surface area contributed by atoms with Crippen LogP contribution in [0.3, 0.4) is 0 Å². The SMILES string of the molecule is CCCn1c(=O)c2ccc(C(=O)NC(C)C)cc2n2c(SCC(=O)Nc3cccc(OC)c3)nnc12. The average Bonchev–Trinajstić information content (AvgIpc) is 3.28. The monoisotopic (exact) mass is 508 g/mol. The third-order valence-corrected chi connectivity index (χ3v) is 6.32. The quantitative estimate of drug-likeness (QED) is 0.333. The predicted molar refractivity (Wildman–Crippen MR) is 140 cm³/mol. The zero-order chi connectivity index (χ0) is 25.8. The van der Waals surface area contributed by atoms with E-state index in [1.807, 2.05) is 20.8 Å². The van der Waals surface area contributed by atoms with Crippen LogP contribution in [0.5, 0.6) is 5.75 Å². The summed E-state index contributed by atoms with van der Waals surface area (Å²) in [5.74, 6) is 0.610. The van der Waals surface area contributed by atoms with Crippen LogP contribution < -0.4 is 20.9 Å². The van der Waals surface area contributed by atoms with Gasteiger partial charge in [0.15, 0.2) is 5.16 Å². The lowest BCUT2D eigenvalue weighted by Crippen LogP contribution is -2.30. The van der Waals surface area contributed by atoms with E-state index in [0.717, 1.165) is 6.42 Å². The molecule has 11 heteroatoms. The Labute approximate surface area is 212 Å². The number of hydrogen-bond acceptors (Lipinski definition) is 7. The zero-order valence-corrected chi connectivity index (χ0v) is 21.4. The van der Waals surface area contributed by atoms with Crippen molar-refractivity contribution in [2.45, 2.75) is 44.9 Å². The lowest BCUT2D eigenvalue weighted by atomic mass is 10.1. The van der Waals surface area contributed by atoms with Gasteiger partial charge in [0.05, 0.1) is 23.8 Å². The Morgan fingerprint density at radius 3 is 2.67 bits per heavy atom. The Morgan fingerprint density at radius 1 is 1.14 bits per heavy atom. The first kappa shape index (κ1) is 25.2. The first-order chi connectivity index (χ1) is 17.3. The average molecular weight is 509 g/mol. The summed E-state index contributed by atoms with van der Waals surface area (Å²) in [5, 5.41) is 15.1. The van der Waals surface area contributed by atoms with Crippen LogP contribution in [-0.2, 0) is 11.3 Å². The van der Waals surface area contributed by atoms with Gasteiger partial charge in [0, 0.05) is 29.9 Å². The number of carbonyl (C=O) groups excluding carboxylic acids is 2. The van der Waals surface area contributed by atoms with E-state index in [4.69, 9.17) is 4.74 Å². The molecule has 4 rings (SSSR count). The van der Waals surface area contributed by atoms with E-state index in [-0.39, 0.29) is 29.2 Å². The van der Waals surface area contributed by atoms with Gasteiger partial charge in [0.25, 0.3) is 11.5 Å². The number of aromatic nitrogens is 4. The molecule has 2 N–H and O–H groups in total. The van der Waals surface area contributed by atoms with Gasteiger partial charge in [0.2, 0.25) is 11.7 Å². The van der Waals surface area contributed by atoms with Gasteiger partial charge in [-0.05, 0) is 50.6 Å². The van der Waals surface area contributed by atoms with Crippen LogP contribution in [0, 0.1) is 0 Å². The van der Waals surface area contributed by atoms with Crippen molar-refractivity contribution in [3.05, 3.63) is 58.4 Å². The summed E-state index contributed by atoms with van der Waals surface area (Å²) in [5.41, 5.74) is 1.36. The van der Waals surface area contributed by atoms with Crippen molar-refractivity contribution >= 4 is 45.9 Å². The number of amides is 2. The molecule has 0 fully saturated rings. The maximum Gasteiger partial charge on any atom is 0.262 e. The molecule has 0 atom stereocenters. The van der Waals surface area contributed by atoms with Gasteiger partial charge in [-0.3, -0.25) is 23.4 Å². The molecule has 10 nitrogen and oxygen atoms in total. The molecule has 2 aromatic carbocycles. The van der Waals surface area contributed by atoms with Crippen molar-refractivity contribution in [1.82, 2.24) is 24.5 Å². The van der Waals surface area contributed by atoms with Gasteiger partial charge in [0.1, 0.15) is 5.75 Å². The van der Waals surface area contributed by atoms with E-state index in [9.17, 15) is 14.4 Å². The van der Waals surface area contributed by atoms with Gasteiger partial charge < -0.3 is 15.4 Å². The van der Waals surface area contributed by atoms with E-state index >= 15 is 0 Å². The Balaban J connectivity index is 1.71. The second kappa shape index (κ2) is 10.8. The third kappa shape index (κ3) is 5.20. The van der Waals surface area contributed by atoms with Crippen LogP contribution in [0.15, 0.2) is 52.4 Å². The molecule has 188 valence electrons. The van der Waals surface area contributed by atoms with Crippen molar-refractivity contribution in [3.8, 4) is 5.75 Å². The highest BCUT2D eigenvalue weighted by Crippen LogP contribution is 2.24. The molecule has 0 bridgehead atoms. The van der Waals surface area contributed by atoms with Crippen molar-refractivity contribution in [2.75, 3.05) is 18.2 Å². The van der Waals surface area contributed by atoms with Crippen LogP contribution in [0.25, 0.3) is 16.7 Å². The molecular weight excluding hydrogens is 480 g/mol. The molecule has 0 aliphatic rings. The molecule has 0 saturated heterocycles. The number of aryl methyl sites for hydroxylation is 1. The number of anilines is 1. The van der Waals surface area contributed by atoms with Gasteiger partial charge >= 0.3 is 0 Å². The minimum absolute atomic E-state index is 0.0325. The van der Waals surface area contributed by atoms with Gasteiger partial charge in [-0.2, -0.15) is 0 Å². The second-order valence-electron chi connectivity index (χ2n) is 8.50. The molecular formula is C25H28N6O4S. The predicted octanol–water partition coefficient (Wildman–Crippen LogP) is 3.33. The standard InChI is InChI=1S/C25H28N6O4S/c1-5-11-30-23(34)19-10-9-16(22(33)26-15(2)3)12-20(19)31-24(30)28-29-25(31)36-14-21(32)27-17-7-6-8-18(13-17)35-4/h6-10,12-13,15H,5,11,14H2,1-4H3,(H,26,33)(H,27,32). The maximum atomic E-state index is 13.2. The van der Waals surface area contributed by atoms with Crippen molar-refractivity contribution < 1.29 is 14.3 Å². The number of nitrogens with one attached hydrogen (secondary N) is 2. The Kier molecular flexibility index (Phi) is 7.58. The zero-order valence-electron chi connectivity index (χ0n) is 20.6. The number of thioether (sulfide) groups is 1. The second-order valence-corrected chi connectivity index (χ2v) is 9.45. The minimum Gasteiger partial charge on any atom is -0.497 e. The largest absolute Gasteiger partial charge is 0.497 e. The molecule has 0 aliphatic heterocycles. The van der Waals surface area contributed by atoms with Crippen LogP contribution in [-0.4, -0.2) is 49.9 Å². The molecule has 0 spiro atoms. The molecule has 2 amide bonds. The molecule has 0 unspecified atom stereocenters. The summed E-state index contributed by atoms with van der Waals surface area (Å²) < 4.78 is 8.51. The van der Waals surface area contributed by atoms with Crippen LogP contribution in [0.1, 0.15) is 37.6 Å². The van der Waals surface area contributed by atoms with E-state index in [0.29, 0.717) is 45.4 Å². The molecule has 36 heavy (non-hydrogen) atoms. The number of methoxy groups -OCH3 is 1. The molecule has 0 aliphatic carbocycles. The van der Waals surface area contributed by atoms with E-state index < -0.39 is 0 Å². The number of hydrogen-bond donors (Lipinski definition) is 2. The first-order valence-corrected chi connectivity index (χ1v) is 12.6. The van der Waals surface area contributed by atoms with Crippen LogP contribution in [0.4, 0.5) is 5.69 Å². The van der Waals surface area contributed by atoms with E-state index in [1.165, 1.54) is 11.8 Å². The first-order valence-electron chi connectivity index (χ1n) is 11.6. The lowest BCUT2D eigenvalue weighted by Gasteiger charge is -2.13. The summed E-state index contributed by atoms with van der Waals surface area (Å²) >= 11 is 1.20. The minimum atomic E-state index is -0.238. The van der Waals surface area contributed by atoms with E-state index in [1.54, 1.807) is 58.5 Å². The fourth-order valence-corrected chi connectivity index (χ4v) is 4.56. The van der Waals surface area contributed by atoms with Crippen molar-refractivity contribution in [2.24, 2.45) is 0 Å². The molecule has 0 saturated carbocycles. The van der Waals surface area contributed by atoms with Crippen molar-refractivity contribution in [3.63, 3.8) is 0 Å². The topological polar surface area (TPSA) is 120 Å². The number of benzene rings is 2. The number of rotatable bonds is 9. The van der Waals surface area contributed by atoms with E-state index in [2.05, 4.69) is 20.8 Å². The van der Waals surface area contributed by atoms with Gasteiger partial charge in [-0.15, -0.1) is 10.2 Å². The lowest BCUT2D eigenvalue weighted by molar-refractivity contribution is -0.113. The third-order valence-electron chi connectivity index (χ3n) is 5.39. The fraction of sp³-hybridized carbons (Fsp3) is 0.320. The number of ether oxygens (including phenoxy) is 1. The maximum absolute atomic E-state index is 13.2. The van der Waals surface area contributed by atoms with Gasteiger partial charge in [-0.25, -0.2) is 0 Å². The number of carbonyl (C=O) groups is 2. The fourth-order valence-electron chi connectivity index (χ4n) is 3.81. The Bertz CT molecular complexity index is 1490. The number of nitrogens with zero attached hydrogens (tertiary/aromatic N) is 4. The number of fused-ring (bicyclic) bond motifs is 3. The highest BCUT2D eigenvalue weighted by atomic mass is 32.2. The van der Waals surface area contributed by atoms with Crippen LogP contribution in [0.2, 0.25) is 0 Å². The normalized spacial score (nSPS) is 11.2. The molecule has 0 radical (unpaired) electrons. The Hall–Kier alpha value is -3.86. The molecule has 2 aromatic heterocycles. The summed E-state index contributed by atoms with van der Waals surface area (Å²) in [7, 11) is 1.56. The van der Waals surface area contributed by atoms with Crippen molar-refractivity contribution in [1.29, 1.82) is 0 Å². The summed E-state index contributed by atoms with van der Waals surface area (Å²) in [4.78, 5) is 38.5. The highest BCUT2D eigenvalue weighted by molar-refractivity contribution is 7.99. The van der Waals surface area contributed by atoms with Crippen LogP contribution >= 0.6 is 11.8 Å². The molecule has 2 heterocycles. The summed E-state index contributed by atoms with van der Waals surface area (Å²) in [6.45, 7) is 6.20. The van der Waals surface area contributed by atoms with Gasteiger partial charge in [-0.1, -0.05) is 24.8 Å².